The molecular formula is C16H25NO2. The second kappa shape index (κ2) is 6.40. The number of methoxy groups -OCH3 is 1. The van der Waals surface area contributed by atoms with Crippen molar-refractivity contribution in [2.24, 2.45) is 0 Å². The molecule has 0 spiro atoms. The van der Waals surface area contributed by atoms with Gasteiger partial charge in [-0.05, 0) is 57.4 Å². The van der Waals surface area contributed by atoms with E-state index in [0.29, 0.717) is 12.1 Å². The zero-order chi connectivity index (χ0) is 13.8. The predicted octanol–water partition coefficient (Wildman–Crippen LogP) is 3.14. The van der Waals surface area contributed by atoms with Crippen molar-refractivity contribution in [3.63, 3.8) is 0 Å². The minimum atomic E-state index is 0.290. The monoisotopic (exact) mass is 263 g/mol. The summed E-state index contributed by atoms with van der Waals surface area (Å²) in [4.78, 5) is 0. The summed E-state index contributed by atoms with van der Waals surface area (Å²) in [5.74, 6) is 0.981. The minimum absolute atomic E-state index is 0.290. The Kier molecular flexibility index (Phi) is 4.83. The summed E-state index contributed by atoms with van der Waals surface area (Å²) in [6.45, 7) is 5.17. The molecule has 1 aliphatic rings. The van der Waals surface area contributed by atoms with Crippen molar-refractivity contribution in [3.05, 3.63) is 28.8 Å². The molecule has 3 heteroatoms. The molecule has 0 aliphatic carbocycles. The smallest absolute Gasteiger partial charge is 0.124 e. The average molecular weight is 263 g/mol. The van der Waals surface area contributed by atoms with Crippen LogP contribution in [-0.4, -0.2) is 26.9 Å². The van der Waals surface area contributed by atoms with Crippen molar-refractivity contribution < 1.29 is 9.47 Å². The molecule has 2 atom stereocenters. The summed E-state index contributed by atoms with van der Waals surface area (Å²) in [6, 6.07) is 4.62. The van der Waals surface area contributed by atoms with E-state index in [1.54, 1.807) is 7.11 Å². The van der Waals surface area contributed by atoms with E-state index in [-0.39, 0.29) is 0 Å². The van der Waals surface area contributed by atoms with Crippen LogP contribution in [0.15, 0.2) is 12.1 Å². The van der Waals surface area contributed by atoms with Gasteiger partial charge in [-0.2, -0.15) is 0 Å². The highest BCUT2D eigenvalue weighted by Crippen LogP contribution is 2.34. The lowest BCUT2D eigenvalue weighted by atomic mass is 9.93. The van der Waals surface area contributed by atoms with E-state index in [1.807, 2.05) is 7.05 Å². The highest BCUT2D eigenvalue weighted by molar-refractivity contribution is 5.45. The number of ether oxygens (including phenoxy) is 2. The molecule has 3 nitrogen and oxygen atoms in total. The third kappa shape index (κ3) is 3.28. The fraction of sp³-hybridized carbons (Fsp3) is 0.625. The molecule has 0 saturated carbocycles. The van der Waals surface area contributed by atoms with E-state index in [0.717, 1.165) is 18.8 Å². The van der Waals surface area contributed by atoms with E-state index in [9.17, 15) is 0 Å². The molecule has 0 aromatic heterocycles. The Morgan fingerprint density at radius 3 is 2.79 bits per heavy atom. The second-order valence-corrected chi connectivity index (χ2v) is 5.41. The van der Waals surface area contributed by atoms with E-state index in [4.69, 9.17) is 9.47 Å². The SMILES string of the molecule is CNC(CC1CCCO1)c1c(C)cc(C)cc1OC. The Bertz CT molecular complexity index is 425. The summed E-state index contributed by atoms with van der Waals surface area (Å²) in [5, 5.41) is 3.42. The van der Waals surface area contributed by atoms with Crippen LogP contribution in [0.2, 0.25) is 0 Å². The Balaban J connectivity index is 2.25. The number of hydrogen-bond acceptors (Lipinski definition) is 3. The Morgan fingerprint density at radius 2 is 2.21 bits per heavy atom. The standard InChI is InChI=1S/C16H25NO2/c1-11-8-12(2)16(15(9-11)18-4)14(17-3)10-13-6-5-7-19-13/h8-9,13-14,17H,5-7,10H2,1-4H3. The summed E-state index contributed by atoms with van der Waals surface area (Å²) in [7, 11) is 3.76. The second-order valence-electron chi connectivity index (χ2n) is 5.41. The van der Waals surface area contributed by atoms with E-state index >= 15 is 0 Å². The van der Waals surface area contributed by atoms with Gasteiger partial charge < -0.3 is 14.8 Å². The minimum Gasteiger partial charge on any atom is -0.496 e. The first kappa shape index (κ1) is 14.4. The molecule has 1 saturated heterocycles. The molecule has 1 aromatic carbocycles. The summed E-state index contributed by atoms with van der Waals surface area (Å²) in [6.07, 6.45) is 3.75. The van der Waals surface area contributed by atoms with Crippen LogP contribution < -0.4 is 10.1 Å². The zero-order valence-corrected chi connectivity index (χ0v) is 12.5. The summed E-state index contributed by atoms with van der Waals surface area (Å²) >= 11 is 0. The van der Waals surface area contributed by atoms with E-state index in [1.165, 1.54) is 29.5 Å². The predicted molar refractivity (Wildman–Crippen MR) is 77.9 cm³/mol. The molecule has 0 radical (unpaired) electrons. The van der Waals surface area contributed by atoms with Crippen LogP contribution in [0.4, 0.5) is 0 Å². The molecule has 19 heavy (non-hydrogen) atoms. The van der Waals surface area contributed by atoms with Crippen LogP contribution in [-0.2, 0) is 4.74 Å². The van der Waals surface area contributed by atoms with Crippen LogP contribution >= 0.6 is 0 Å². The maximum atomic E-state index is 5.76. The summed E-state index contributed by atoms with van der Waals surface area (Å²) in [5.41, 5.74) is 3.80. The van der Waals surface area contributed by atoms with Gasteiger partial charge in [-0.1, -0.05) is 6.07 Å². The van der Waals surface area contributed by atoms with Gasteiger partial charge in [-0.25, -0.2) is 0 Å². The third-order valence-electron chi connectivity index (χ3n) is 3.93. The molecule has 1 fully saturated rings. The van der Waals surface area contributed by atoms with Crippen molar-refractivity contribution in [3.8, 4) is 5.75 Å². The van der Waals surface area contributed by atoms with E-state index in [2.05, 4.69) is 31.3 Å². The molecular weight excluding hydrogens is 238 g/mol. The largest absolute Gasteiger partial charge is 0.496 e. The van der Waals surface area contributed by atoms with Gasteiger partial charge in [-0.15, -0.1) is 0 Å². The average Bonchev–Trinajstić information content (AvgIpc) is 2.88. The van der Waals surface area contributed by atoms with Gasteiger partial charge in [0.05, 0.1) is 13.2 Å². The van der Waals surface area contributed by atoms with Crippen molar-refractivity contribution in [1.82, 2.24) is 5.32 Å². The Morgan fingerprint density at radius 1 is 1.42 bits per heavy atom. The molecule has 0 amide bonds. The van der Waals surface area contributed by atoms with Gasteiger partial charge in [0.2, 0.25) is 0 Å². The zero-order valence-electron chi connectivity index (χ0n) is 12.5. The first-order chi connectivity index (χ1) is 9.15. The quantitative estimate of drug-likeness (QED) is 0.885. The Hall–Kier alpha value is -1.06. The van der Waals surface area contributed by atoms with Gasteiger partial charge >= 0.3 is 0 Å². The number of rotatable bonds is 5. The highest BCUT2D eigenvalue weighted by Gasteiger charge is 2.24. The topological polar surface area (TPSA) is 30.5 Å². The maximum Gasteiger partial charge on any atom is 0.124 e. The molecule has 0 bridgehead atoms. The van der Waals surface area contributed by atoms with E-state index < -0.39 is 0 Å². The van der Waals surface area contributed by atoms with Crippen LogP contribution in [0, 0.1) is 13.8 Å². The number of hydrogen-bond donors (Lipinski definition) is 1. The van der Waals surface area contributed by atoms with Crippen molar-refractivity contribution in [2.45, 2.75) is 45.3 Å². The van der Waals surface area contributed by atoms with Gasteiger partial charge in [0.25, 0.3) is 0 Å². The third-order valence-corrected chi connectivity index (χ3v) is 3.93. The van der Waals surface area contributed by atoms with Gasteiger partial charge in [-0.3, -0.25) is 0 Å². The number of benzene rings is 1. The van der Waals surface area contributed by atoms with Crippen LogP contribution in [0.5, 0.6) is 5.75 Å². The molecule has 1 aliphatic heterocycles. The lowest BCUT2D eigenvalue weighted by molar-refractivity contribution is 0.0950. The van der Waals surface area contributed by atoms with Crippen LogP contribution in [0.3, 0.4) is 0 Å². The van der Waals surface area contributed by atoms with Crippen LogP contribution in [0.1, 0.15) is 42.0 Å². The molecule has 2 rings (SSSR count). The molecule has 2 unspecified atom stereocenters. The van der Waals surface area contributed by atoms with Gasteiger partial charge in [0.15, 0.2) is 0 Å². The lowest BCUT2D eigenvalue weighted by Gasteiger charge is -2.24. The normalized spacial score (nSPS) is 20.5. The fourth-order valence-corrected chi connectivity index (χ4v) is 3.03. The first-order valence-electron chi connectivity index (χ1n) is 7.09. The first-order valence-corrected chi connectivity index (χ1v) is 7.09. The van der Waals surface area contributed by atoms with Gasteiger partial charge in [0.1, 0.15) is 5.75 Å². The van der Waals surface area contributed by atoms with Crippen molar-refractivity contribution in [1.29, 1.82) is 0 Å². The van der Waals surface area contributed by atoms with Crippen molar-refractivity contribution in [2.75, 3.05) is 20.8 Å². The van der Waals surface area contributed by atoms with Gasteiger partial charge in [0, 0.05) is 18.2 Å². The molecule has 1 N–H and O–H groups in total. The number of aryl methyl sites for hydroxylation is 2. The molecule has 1 aromatic rings. The fourth-order valence-electron chi connectivity index (χ4n) is 3.03. The van der Waals surface area contributed by atoms with Crippen molar-refractivity contribution >= 4 is 0 Å². The molecule has 1 heterocycles. The maximum absolute atomic E-state index is 5.76. The molecule has 106 valence electrons. The summed E-state index contributed by atoms with van der Waals surface area (Å²) < 4.78 is 11.3. The highest BCUT2D eigenvalue weighted by atomic mass is 16.5. The number of nitrogens with one attached hydrogen (secondary N) is 1. The van der Waals surface area contributed by atoms with Crippen LogP contribution in [0.25, 0.3) is 0 Å². The Labute approximate surface area is 116 Å². The lowest BCUT2D eigenvalue weighted by Crippen LogP contribution is -2.23.